The fraction of sp³-hybridized carbons (Fsp3) is 0.636. The molecule has 0 spiro atoms. The number of hydrogen-bond acceptors (Lipinski definition) is 4. The second kappa shape index (κ2) is 5.51. The highest BCUT2D eigenvalue weighted by Gasteiger charge is 2.27. The summed E-state index contributed by atoms with van der Waals surface area (Å²) in [5.41, 5.74) is 0.244. The molecule has 0 amide bonds. The molecular weight excluding hydrogens is 240 g/mol. The van der Waals surface area contributed by atoms with Crippen molar-refractivity contribution in [2.24, 2.45) is 0 Å². The first kappa shape index (κ1) is 12.4. The number of aromatic nitrogens is 2. The van der Waals surface area contributed by atoms with Crippen molar-refractivity contribution in [1.29, 1.82) is 0 Å². The van der Waals surface area contributed by atoms with Crippen molar-refractivity contribution in [3.05, 3.63) is 21.6 Å². The van der Waals surface area contributed by atoms with Crippen molar-refractivity contribution in [3.8, 4) is 0 Å². The van der Waals surface area contributed by atoms with Crippen LogP contribution in [0.4, 0.5) is 5.69 Å². The van der Waals surface area contributed by atoms with Gasteiger partial charge in [0.05, 0.1) is 11.9 Å². The Hall–Kier alpha value is -1.07. The van der Waals surface area contributed by atoms with Gasteiger partial charge in [-0.1, -0.05) is 18.5 Å². The second-order valence-corrected chi connectivity index (χ2v) is 4.59. The predicted octanol–water partition coefficient (Wildman–Crippen LogP) is 1.32. The van der Waals surface area contributed by atoms with Gasteiger partial charge in [-0.15, -0.1) is 0 Å². The second-order valence-electron chi connectivity index (χ2n) is 4.21. The summed E-state index contributed by atoms with van der Waals surface area (Å²) >= 11 is 5.86. The summed E-state index contributed by atoms with van der Waals surface area (Å²) < 4.78 is 0. The average Bonchev–Trinajstić information content (AvgIpc) is 3.14. The number of nitrogens with zero attached hydrogens (tertiary/aromatic N) is 2. The molecule has 6 heteroatoms. The monoisotopic (exact) mass is 256 g/mol. The van der Waals surface area contributed by atoms with E-state index in [0.717, 1.165) is 25.7 Å². The summed E-state index contributed by atoms with van der Waals surface area (Å²) in [6.07, 6.45) is 4.15. The Morgan fingerprint density at radius 2 is 2.41 bits per heavy atom. The summed E-state index contributed by atoms with van der Waals surface area (Å²) in [6, 6.07) is 0.759. The summed E-state index contributed by atoms with van der Waals surface area (Å²) in [5.74, 6) is 0. The molecule has 5 nitrogen and oxygen atoms in total. The van der Waals surface area contributed by atoms with Crippen LogP contribution in [0.2, 0.25) is 5.02 Å². The first-order valence-electron chi connectivity index (χ1n) is 5.93. The van der Waals surface area contributed by atoms with Gasteiger partial charge in [-0.2, -0.15) is 5.10 Å². The number of rotatable bonds is 6. The van der Waals surface area contributed by atoms with E-state index in [9.17, 15) is 4.79 Å². The molecule has 0 atom stereocenters. The van der Waals surface area contributed by atoms with Gasteiger partial charge in [0.2, 0.25) is 0 Å². The molecule has 2 N–H and O–H groups in total. The molecule has 1 aromatic heterocycles. The van der Waals surface area contributed by atoms with Crippen molar-refractivity contribution in [3.63, 3.8) is 0 Å². The minimum absolute atomic E-state index is 0.175. The van der Waals surface area contributed by atoms with Crippen LogP contribution in [-0.4, -0.2) is 40.8 Å². The van der Waals surface area contributed by atoms with E-state index in [1.807, 2.05) is 0 Å². The highest BCUT2D eigenvalue weighted by atomic mass is 35.5. The number of halogens is 1. The van der Waals surface area contributed by atoms with Gasteiger partial charge in [-0.05, 0) is 19.4 Å². The van der Waals surface area contributed by atoms with Crippen LogP contribution in [0.5, 0.6) is 0 Å². The summed E-state index contributed by atoms with van der Waals surface area (Å²) in [7, 11) is 0. The number of likely N-dealkylation sites (N-methyl/N-ethyl adjacent to an activating group) is 1. The van der Waals surface area contributed by atoms with Gasteiger partial charge in [-0.3, -0.25) is 9.69 Å². The third-order valence-corrected chi connectivity index (χ3v) is 3.35. The minimum atomic E-state index is -0.355. The fourth-order valence-corrected chi connectivity index (χ4v) is 2.04. The summed E-state index contributed by atoms with van der Waals surface area (Å²) in [5, 5.41) is 9.32. The first-order chi connectivity index (χ1) is 8.22. The fourth-order valence-electron chi connectivity index (χ4n) is 1.88. The Morgan fingerprint density at radius 3 is 3.06 bits per heavy atom. The molecule has 17 heavy (non-hydrogen) atoms. The highest BCUT2D eigenvalue weighted by molar-refractivity contribution is 6.32. The van der Waals surface area contributed by atoms with E-state index in [4.69, 9.17) is 11.6 Å². The van der Waals surface area contributed by atoms with E-state index in [0.29, 0.717) is 5.69 Å². The number of nitrogens with one attached hydrogen (secondary N) is 2. The maximum absolute atomic E-state index is 11.2. The lowest BCUT2D eigenvalue weighted by atomic mass is 10.4. The quantitative estimate of drug-likeness (QED) is 0.806. The Bertz CT molecular complexity index is 430. The van der Waals surface area contributed by atoms with Crippen LogP contribution in [0.1, 0.15) is 19.8 Å². The van der Waals surface area contributed by atoms with Crippen LogP contribution in [0.3, 0.4) is 0 Å². The van der Waals surface area contributed by atoms with E-state index >= 15 is 0 Å². The van der Waals surface area contributed by atoms with E-state index in [2.05, 4.69) is 27.3 Å². The topological polar surface area (TPSA) is 61.0 Å². The molecule has 0 unspecified atom stereocenters. The van der Waals surface area contributed by atoms with Crippen molar-refractivity contribution in [1.82, 2.24) is 15.1 Å². The molecule has 1 aliphatic carbocycles. The van der Waals surface area contributed by atoms with Gasteiger partial charge in [0.15, 0.2) is 0 Å². The molecule has 1 heterocycles. The predicted molar refractivity (Wildman–Crippen MR) is 68.6 cm³/mol. The third kappa shape index (κ3) is 3.20. The molecule has 0 aromatic carbocycles. The van der Waals surface area contributed by atoms with Crippen LogP contribution < -0.4 is 10.9 Å². The van der Waals surface area contributed by atoms with Gasteiger partial charge in [0.25, 0.3) is 5.56 Å². The van der Waals surface area contributed by atoms with E-state index < -0.39 is 0 Å². The first-order valence-corrected chi connectivity index (χ1v) is 6.31. The highest BCUT2D eigenvalue weighted by Crippen LogP contribution is 2.26. The van der Waals surface area contributed by atoms with Crippen LogP contribution in [0.15, 0.2) is 11.0 Å². The largest absolute Gasteiger partial charge is 0.381 e. The lowest BCUT2D eigenvalue weighted by Crippen LogP contribution is -2.31. The Balaban J connectivity index is 1.85. The Labute approximate surface area is 105 Å². The standard InChI is InChI=1S/C11H17ClN4O/c1-2-16(8-3-4-8)6-5-13-9-7-14-15-11(17)10(9)12/h7-8H,2-6H2,1H3,(H2,13,15,17). The number of aromatic amines is 1. The van der Waals surface area contributed by atoms with Crippen LogP contribution in [0.25, 0.3) is 0 Å². The van der Waals surface area contributed by atoms with Gasteiger partial charge < -0.3 is 5.32 Å². The molecule has 1 aliphatic rings. The molecule has 0 saturated heterocycles. The number of H-pyrrole nitrogens is 1. The van der Waals surface area contributed by atoms with Gasteiger partial charge in [-0.25, -0.2) is 5.10 Å². The zero-order valence-electron chi connectivity index (χ0n) is 9.87. The average molecular weight is 257 g/mol. The normalized spacial score (nSPS) is 15.2. The zero-order chi connectivity index (χ0) is 12.3. The van der Waals surface area contributed by atoms with Gasteiger partial charge >= 0.3 is 0 Å². The molecule has 0 aliphatic heterocycles. The molecule has 0 bridgehead atoms. The van der Waals surface area contributed by atoms with Crippen LogP contribution in [0, 0.1) is 0 Å². The lowest BCUT2D eigenvalue weighted by molar-refractivity contribution is 0.289. The van der Waals surface area contributed by atoms with Gasteiger partial charge in [0.1, 0.15) is 5.02 Å². The van der Waals surface area contributed by atoms with E-state index in [1.54, 1.807) is 0 Å². The van der Waals surface area contributed by atoms with Crippen molar-refractivity contribution < 1.29 is 0 Å². The third-order valence-electron chi connectivity index (χ3n) is 2.98. The lowest BCUT2D eigenvalue weighted by Gasteiger charge is -2.20. The van der Waals surface area contributed by atoms with Crippen molar-refractivity contribution in [2.75, 3.05) is 25.0 Å². The molecular formula is C11H17ClN4O. The molecule has 1 aromatic rings. The van der Waals surface area contributed by atoms with Gasteiger partial charge in [0, 0.05) is 19.1 Å². The summed E-state index contributed by atoms with van der Waals surface area (Å²) in [4.78, 5) is 13.6. The van der Waals surface area contributed by atoms with E-state index in [-0.39, 0.29) is 10.6 Å². The maximum atomic E-state index is 11.2. The van der Waals surface area contributed by atoms with E-state index in [1.165, 1.54) is 19.0 Å². The summed E-state index contributed by atoms with van der Waals surface area (Å²) in [6.45, 7) is 4.97. The molecule has 94 valence electrons. The van der Waals surface area contributed by atoms with Crippen molar-refractivity contribution in [2.45, 2.75) is 25.8 Å². The smallest absolute Gasteiger partial charge is 0.285 e. The molecule has 2 rings (SSSR count). The Kier molecular flexibility index (Phi) is 4.02. The maximum Gasteiger partial charge on any atom is 0.285 e. The molecule has 0 radical (unpaired) electrons. The minimum Gasteiger partial charge on any atom is -0.381 e. The molecule has 1 saturated carbocycles. The zero-order valence-corrected chi connectivity index (χ0v) is 10.6. The Morgan fingerprint density at radius 1 is 1.65 bits per heavy atom. The van der Waals surface area contributed by atoms with Crippen molar-refractivity contribution >= 4 is 17.3 Å². The number of anilines is 1. The number of hydrogen-bond donors (Lipinski definition) is 2. The van der Waals surface area contributed by atoms with Crippen LogP contribution >= 0.6 is 11.6 Å². The van der Waals surface area contributed by atoms with Crippen LogP contribution in [-0.2, 0) is 0 Å². The molecule has 1 fully saturated rings. The SMILES string of the molecule is CCN(CCNc1cn[nH]c(=O)c1Cl)C1CC1.